The Labute approximate surface area is 480 Å². The van der Waals surface area contributed by atoms with Gasteiger partial charge in [0.1, 0.15) is 40.2 Å². The van der Waals surface area contributed by atoms with Gasteiger partial charge in [-0.2, -0.15) is 0 Å². The number of carboxylic acid groups (broad SMARTS) is 1. The summed E-state index contributed by atoms with van der Waals surface area (Å²) < 4.78 is 53.0. The van der Waals surface area contributed by atoms with Gasteiger partial charge in [-0.25, -0.2) is 38.4 Å². The molecule has 83 heavy (non-hydrogen) atoms. The van der Waals surface area contributed by atoms with E-state index in [1.165, 1.54) is 72.8 Å². The van der Waals surface area contributed by atoms with Crippen molar-refractivity contribution < 1.29 is 90.8 Å². The molecule has 0 fully saturated rings. The SMILES string of the molecule is C=CC(=O)OCCCCOc1ccc(C(=O)Oc2ccc(C(=O)O)cc2)cc1.C=CC(=O)OCCCCOc1ccc(C(=O)Oc2ccc(OC(=O)c3ccc(OC(=O)c4ccc(OCCCCOC(=O)C=C)cc4)cc3)cc2)cc1.CC. The van der Waals surface area contributed by atoms with Gasteiger partial charge in [0.25, 0.3) is 0 Å². The predicted molar refractivity (Wildman–Crippen MR) is 304 cm³/mol. The zero-order valence-electron chi connectivity index (χ0n) is 46.0. The van der Waals surface area contributed by atoms with Crippen LogP contribution in [0, 0.1) is 0 Å². The Morgan fingerprint density at radius 1 is 0.313 bits per heavy atom. The van der Waals surface area contributed by atoms with Crippen molar-refractivity contribution in [3.8, 4) is 40.2 Å². The van der Waals surface area contributed by atoms with Crippen molar-refractivity contribution in [2.75, 3.05) is 39.6 Å². The monoisotopic (exact) mass is 1140 g/mol. The first-order valence-electron chi connectivity index (χ1n) is 26.2. The molecule has 0 spiro atoms. The van der Waals surface area contributed by atoms with Crippen LogP contribution in [0.5, 0.6) is 40.2 Å². The first-order valence-corrected chi connectivity index (χ1v) is 26.2. The van der Waals surface area contributed by atoms with Gasteiger partial charge in [0.2, 0.25) is 0 Å². The highest BCUT2D eigenvalue weighted by molar-refractivity contribution is 5.94. The van der Waals surface area contributed by atoms with Gasteiger partial charge in [-0.1, -0.05) is 33.6 Å². The maximum atomic E-state index is 12.7. The van der Waals surface area contributed by atoms with E-state index >= 15 is 0 Å². The van der Waals surface area contributed by atoms with Gasteiger partial charge in [0.05, 0.1) is 67.5 Å². The van der Waals surface area contributed by atoms with E-state index in [2.05, 4.69) is 19.7 Å². The van der Waals surface area contributed by atoms with Crippen molar-refractivity contribution >= 4 is 47.8 Å². The molecule has 0 bridgehead atoms. The van der Waals surface area contributed by atoms with E-state index in [1.807, 2.05) is 13.8 Å². The lowest BCUT2D eigenvalue weighted by Gasteiger charge is -2.09. The van der Waals surface area contributed by atoms with E-state index in [-0.39, 0.29) is 47.3 Å². The van der Waals surface area contributed by atoms with Crippen LogP contribution in [0.3, 0.4) is 0 Å². The Morgan fingerprint density at radius 2 is 0.506 bits per heavy atom. The zero-order chi connectivity index (χ0) is 60.2. The molecule has 19 nitrogen and oxygen atoms in total. The number of carboxylic acids is 1. The Morgan fingerprint density at radius 3 is 0.723 bits per heavy atom. The van der Waals surface area contributed by atoms with Gasteiger partial charge < -0.3 is 52.5 Å². The molecule has 0 amide bonds. The van der Waals surface area contributed by atoms with Gasteiger partial charge in [-0.05, 0) is 184 Å². The second-order valence-electron chi connectivity index (χ2n) is 16.7. The molecule has 0 aliphatic heterocycles. The molecule has 0 aliphatic carbocycles. The molecule has 1 N–H and O–H groups in total. The number of benzene rings is 6. The van der Waals surface area contributed by atoms with E-state index in [0.717, 1.165) is 18.2 Å². The molecule has 19 heteroatoms. The lowest BCUT2D eigenvalue weighted by molar-refractivity contribution is -0.138. The number of aromatic carboxylic acids is 1. The van der Waals surface area contributed by atoms with Gasteiger partial charge in [-0.15, -0.1) is 0 Å². The van der Waals surface area contributed by atoms with E-state index in [0.29, 0.717) is 98.9 Å². The topological polar surface area (TPSA) is 249 Å². The summed E-state index contributed by atoms with van der Waals surface area (Å²) in [5.41, 5.74) is 1.30. The summed E-state index contributed by atoms with van der Waals surface area (Å²) in [4.78, 5) is 93.8. The first-order chi connectivity index (χ1) is 40.2. The molecule has 0 atom stereocenters. The molecule has 0 heterocycles. The van der Waals surface area contributed by atoms with Crippen LogP contribution in [0.1, 0.15) is 104 Å². The fourth-order valence-corrected chi connectivity index (χ4v) is 6.50. The molecule has 0 aliphatic rings. The summed E-state index contributed by atoms with van der Waals surface area (Å²) in [6.07, 6.45) is 7.38. The maximum Gasteiger partial charge on any atom is 0.343 e. The highest BCUT2D eigenvalue weighted by atomic mass is 16.6. The summed E-state index contributed by atoms with van der Waals surface area (Å²) in [5.74, 6) is -2.04. The van der Waals surface area contributed by atoms with Crippen LogP contribution in [-0.2, 0) is 28.6 Å². The van der Waals surface area contributed by atoms with Crippen LogP contribution in [-0.4, -0.2) is 92.5 Å². The number of hydrogen-bond acceptors (Lipinski definition) is 18. The molecular formula is C64H64O19. The van der Waals surface area contributed by atoms with Crippen molar-refractivity contribution in [2.45, 2.75) is 52.4 Å². The van der Waals surface area contributed by atoms with Crippen molar-refractivity contribution in [1.29, 1.82) is 0 Å². The lowest BCUT2D eigenvalue weighted by Crippen LogP contribution is -2.10. The molecule has 6 aromatic rings. The molecule has 0 saturated carbocycles. The van der Waals surface area contributed by atoms with Gasteiger partial charge in [-0.3, -0.25) is 0 Å². The van der Waals surface area contributed by atoms with Gasteiger partial charge in [0.15, 0.2) is 0 Å². The van der Waals surface area contributed by atoms with Crippen molar-refractivity contribution in [3.05, 3.63) is 211 Å². The Kier molecular flexibility index (Phi) is 28.9. The Balaban J connectivity index is 0.000000414. The average Bonchev–Trinajstić information content (AvgIpc) is 3.54. The standard InChI is InChI=1S/C41H38O12.C21H20O7.C2H6/c1-3-37(42)49-27-7-5-25-47-32-15-9-29(10-16-32)39(44)51-34-19-13-31(14-20-34)41(46)53-36-23-21-35(22-24-36)52-40(45)30-11-17-33(18-12-30)48-26-6-8-28-50-38(43)4-2;1-2-19(22)27-14-4-3-13-26-17-9-7-16(8-10-17)21(25)28-18-11-5-15(6-12-18)20(23)24;1-2/h3-4,9-24H,1-2,5-8,25-28H2;2,5-12H,1,3-4,13-14H2,(H,23,24);1-2H3. The summed E-state index contributed by atoms with van der Waals surface area (Å²) in [7, 11) is 0. The second kappa shape index (κ2) is 36.8. The quantitative estimate of drug-likeness (QED) is 0.0145. The van der Waals surface area contributed by atoms with Gasteiger partial charge in [0, 0.05) is 18.2 Å². The Hall–Kier alpha value is -10.3. The molecular weight excluding hydrogens is 1070 g/mol. The number of carbonyl (C=O) groups excluding carboxylic acids is 7. The Bertz CT molecular complexity index is 3060. The number of rotatable bonds is 30. The number of esters is 7. The second-order valence-corrected chi connectivity index (χ2v) is 16.7. The fraction of sp³-hybridized carbons (Fsp3) is 0.219. The number of ether oxygens (including phenoxy) is 10. The fourth-order valence-electron chi connectivity index (χ4n) is 6.50. The van der Waals surface area contributed by atoms with Crippen LogP contribution in [0.25, 0.3) is 0 Å². The molecule has 0 saturated heterocycles. The molecule has 6 aromatic carbocycles. The highest BCUT2D eigenvalue weighted by Gasteiger charge is 2.15. The third-order valence-electron chi connectivity index (χ3n) is 10.8. The minimum Gasteiger partial charge on any atom is -0.494 e. The van der Waals surface area contributed by atoms with E-state index < -0.39 is 47.8 Å². The smallest absolute Gasteiger partial charge is 0.343 e. The molecule has 0 radical (unpaired) electrons. The van der Waals surface area contributed by atoms with Crippen molar-refractivity contribution in [2.24, 2.45) is 0 Å². The van der Waals surface area contributed by atoms with Crippen LogP contribution in [0.15, 0.2) is 184 Å². The van der Waals surface area contributed by atoms with Crippen molar-refractivity contribution in [1.82, 2.24) is 0 Å². The first kappa shape index (κ1) is 65.2. The van der Waals surface area contributed by atoms with E-state index in [1.54, 1.807) is 72.8 Å². The van der Waals surface area contributed by atoms with Crippen LogP contribution in [0.2, 0.25) is 0 Å². The van der Waals surface area contributed by atoms with Crippen molar-refractivity contribution in [3.63, 3.8) is 0 Å². The van der Waals surface area contributed by atoms with E-state index in [9.17, 15) is 38.4 Å². The molecule has 6 rings (SSSR count). The largest absolute Gasteiger partial charge is 0.494 e. The highest BCUT2D eigenvalue weighted by Crippen LogP contribution is 2.23. The summed E-state index contributed by atoms with van der Waals surface area (Å²) in [6, 6.07) is 36.8. The number of carbonyl (C=O) groups is 8. The molecule has 0 aromatic heterocycles. The summed E-state index contributed by atoms with van der Waals surface area (Å²) >= 11 is 0. The number of unbranched alkanes of at least 4 members (excludes halogenated alkanes) is 3. The van der Waals surface area contributed by atoms with Gasteiger partial charge >= 0.3 is 47.8 Å². The third kappa shape index (κ3) is 24.7. The van der Waals surface area contributed by atoms with Crippen LogP contribution < -0.4 is 33.2 Å². The zero-order valence-corrected chi connectivity index (χ0v) is 46.0. The number of hydrogen-bond donors (Lipinski definition) is 1. The van der Waals surface area contributed by atoms with E-state index in [4.69, 9.17) is 52.5 Å². The minimum atomic E-state index is -1.05. The summed E-state index contributed by atoms with van der Waals surface area (Å²) in [5, 5.41) is 8.86. The van der Waals surface area contributed by atoms with Crippen LogP contribution >= 0.6 is 0 Å². The molecule has 434 valence electrons. The summed E-state index contributed by atoms with van der Waals surface area (Å²) in [6.45, 7) is 16.2. The third-order valence-corrected chi connectivity index (χ3v) is 10.8. The minimum absolute atomic E-state index is 0.111. The lowest BCUT2D eigenvalue weighted by atomic mass is 10.2. The normalized spacial score (nSPS) is 10.0. The molecule has 0 unspecified atom stereocenters. The van der Waals surface area contributed by atoms with Crippen LogP contribution in [0.4, 0.5) is 0 Å². The predicted octanol–water partition coefficient (Wildman–Crippen LogP) is 11.6. The average molecular weight is 1140 g/mol. The maximum absolute atomic E-state index is 12.7.